The van der Waals surface area contributed by atoms with E-state index in [2.05, 4.69) is 4.98 Å². The number of hydrogen-bond acceptors (Lipinski definition) is 4. The summed E-state index contributed by atoms with van der Waals surface area (Å²) in [7, 11) is 1.36. The minimum absolute atomic E-state index is 0.0595. The number of aromatic nitrogens is 1. The molecule has 3 heterocycles. The van der Waals surface area contributed by atoms with Gasteiger partial charge in [0.05, 0.1) is 19.2 Å². The van der Waals surface area contributed by atoms with Crippen molar-refractivity contribution in [2.24, 2.45) is 11.7 Å². The molecule has 8 heteroatoms. The number of hydrogen-bond donors (Lipinski definition) is 2. The molecule has 0 radical (unpaired) electrons. The van der Waals surface area contributed by atoms with E-state index >= 15 is 0 Å². The molecule has 0 bridgehead atoms. The second-order valence-electron chi connectivity index (χ2n) is 9.11. The zero-order chi connectivity index (χ0) is 22.4. The van der Waals surface area contributed by atoms with Crippen LogP contribution in [0.5, 0.6) is 0 Å². The van der Waals surface area contributed by atoms with Crippen LogP contribution in [-0.4, -0.2) is 59.1 Å². The summed E-state index contributed by atoms with van der Waals surface area (Å²) < 4.78 is 18.7. The molecule has 3 aliphatic rings. The number of likely N-dealkylation sites (tertiary alicyclic amines) is 1. The van der Waals surface area contributed by atoms with Crippen LogP contribution in [0.15, 0.2) is 36.2 Å². The van der Waals surface area contributed by atoms with Gasteiger partial charge in [0, 0.05) is 41.8 Å². The maximum absolute atomic E-state index is 13.7. The minimum atomic E-state index is -0.534. The highest BCUT2D eigenvalue weighted by molar-refractivity contribution is 5.87. The van der Waals surface area contributed by atoms with Gasteiger partial charge in [-0.1, -0.05) is 19.3 Å². The van der Waals surface area contributed by atoms with Crippen LogP contribution in [0, 0.1) is 11.7 Å². The Kier molecular flexibility index (Phi) is 5.41. The summed E-state index contributed by atoms with van der Waals surface area (Å²) in [4.78, 5) is 32.6. The lowest BCUT2D eigenvalue weighted by molar-refractivity contribution is -0.134. The van der Waals surface area contributed by atoms with E-state index in [1.807, 2.05) is 17.2 Å². The van der Waals surface area contributed by atoms with E-state index in [1.54, 1.807) is 11.0 Å². The fraction of sp³-hybridized carbons (Fsp3) is 0.500. The van der Waals surface area contributed by atoms with Gasteiger partial charge in [0.15, 0.2) is 0 Å². The first-order chi connectivity index (χ1) is 15.5. The molecule has 2 amide bonds. The Hall–Kier alpha value is -2.87. The predicted molar refractivity (Wildman–Crippen MR) is 118 cm³/mol. The first-order valence-electron chi connectivity index (χ1n) is 11.4. The molecule has 2 aromatic rings. The summed E-state index contributed by atoms with van der Waals surface area (Å²) in [5.74, 6) is -0.335. The van der Waals surface area contributed by atoms with Crippen LogP contribution in [0.3, 0.4) is 0 Å². The maximum atomic E-state index is 13.7. The Labute approximate surface area is 186 Å². The number of methoxy groups -OCH3 is 1. The van der Waals surface area contributed by atoms with E-state index in [9.17, 15) is 14.0 Å². The topological polar surface area (TPSA) is 91.7 Å². The molecular weight excluding hydrogens is 411 g/mol. The van der Waals surface area contributed by atoms with Gasteiger partial charge >= 0.3 is 6.09 Å². The molecule has 0 spiro atoms. The number of halogens is 1. The molecule has 3 N–H and O–H groups in total. The predicted octanol–water partition coefficient (Wildman–Crippen LogP) is 3.47. The van der Waals surface area contributed by atoms with Gasteiger partial charge in [-0.05, 0) is 48.6 Å². The van der Waals surface area contributed by atoms with Crippen LogP contribution < -0.4 is 5.73 Å². The first-order valence-corrected chi connectivity index (χ1v) is 11.4. The summed E-state index contributed by atoms with van der Waals surface area (Å²) in [5, 5.41) is 0.887. The van der Waals surface area contributed by atoms with Crippen molar-refractivity contribution in [3.05, 3.63) is 47.5 Å². The van der Waals surface area contributed by atoms with Crippen molar-refractivity contribution >= 4 is 22.9 Å². The summed E-state index contributed by atoms with van der Waals surface area (Å²) in [6, 6.07) is 3.79. The fourth-order valence-electron chi connectivity index (χ4n) is 5.78. The Morgan fingerprint density at radius 3 is 2.78 bits per heavy atom. The lowest BCUT2D eigenvalue weighted by Crippen LogP contribution is -2.51. The second kappa shape index (κ2) is 8.24. The van der Waals surface area contributed by atoms with Crippen molar-refractivity contribution in [2.45, 2.75) is 50.1 Å². The Morgan fingerprint density at radius 1 is 1.25 bits per heavy atom. The van der Waals surface area contributed by atoms with Crippen LogP contribution in [-0.2, 0) is 9.53 Å². The third-order valence-electron chi connectivity index (χ3n) is 7.40. The third-order valence-corrected chi connectivity index (χ3v) is 7.40. The van der Waals surface area contributed by atoms with Crippen LogP contribution in [0.4, 0.5) is 9.18 Å². The largest absolute Gasteiger partial charge is 0.452 e. The van der Waals surface area contributed by atoms with Crippen molar-refractivity contribution in [3.8, 4) is 0 Å². The summed E-state index contributed by atoms with van der Waals surface area (Å²) in [5.41, 5.74) is 8.90. The Morgan fingerprint density at radius 2 is 2.03 bits per heavy atom. The van der Waals surface area contributed by atoms with Crippen molar-refractivity contribution in [3.63, 3.8) is 0 Å². The highest BCUT2D eigenvalue weighted by Crippen LogP contribution is 2.44. The van der Waals surface area contributed by atoms with Crippen LogP contribution in [0.2, 0.25) is 0 Å². The quantitative estimate of drug-likeness (QED) is 0.765. The standard InChI is InChI=1S/C24H29FN4O3/c1-32-24(31)29-13-18(17-12-27-19-11-15(25)7-8-16(17)19)22-20(29)9-10-28(22)23(30)21(26)14-5-3-2-4-6-14/h7-9,11-12,14,18,21-22,27H,2-6,10,13,26H2,1H3. The van der Waals surface area contributed by atoms with E-state index in [-0.39, 0.29) is 29.6 Å². The number of carbonyl (C=O) groups is 2. The number of benzene rings is 1. The second-order valence-corrected chi connectivity index (χ2v) is 9.11. The van der Waals surface area contributed by atoms with Gasteiger partial charge in [-0.15, -0.1) is 0 Å². The average Bonchev–Trinajstić information content (AvgIpc) is 3.52. The maximum Gasteiger partial charge on any atom is 0.413 e. The molecular formula is C24H29FN4O3. The number of amides is 2. The van der Waals surface area contributed by atoms with E-state index in [1.165, 1.54) is 25.7 Å². The molecule has 2 fully saturated rings. The Bertz CT molecular complexity index is 1070. The molecule has 32 heavy (non-hydrogen) atoms. The summed E-state index contributed by atoms with van der Waals surface area (Å²) >= 11 is 0. The number of carbonyl (C=O) groups excluding carboxylic acids is 2. The Balaban J connectivity index is 1.49. The number of H-pyrrole nitrogens is 1. The number of nitrogens with one attached hydrogen (secondary N) is 1. The number of fused-ring (bicyclic) bond motifs is 2. The van der Waals surface area contributed by atoms with Crippen molar-refractivity contribution in [1.29, 1.82) is 0 Å². The first kappa shape index (κ1) is 21.0. The SMILES string of the molecule is COC(=O)N1CC(c2c[nH]c3cc(F)ccc23)C2C1=CCN2C(=O)C(N)C1CCCCC1. The molecule has 170 valence electrons. The van der Waals surface area contributed by atoms with Gasteiger partial charge < -0.3 is 20.4 Å². The van der Waals surface area contributed by atoms with E-state index < -0.39 is 12.1 Å². The third kappa shape index (κ3) is 3.37. The summed E-state index contributed by atoms with van der Waals surface area (Å²) in [6.45, 7) is 0.802. The van der Waals surface area contributed by atoms with Crippen LogP contribution >= 0.6 is 0 Å². The monoisotopic (exact) mass is 440 g/mol. The molecule has 3 atom stereocenters. The van der Waals surface area contributed by atoms with Gasteiger partial charge in [0.1, 0.15) is 5.82 Å². The smallest absolute Gasteiger partial charge is 0.413 e. The zero-order valence-electron chi connectivity index (χ0n) is 18.2. The average molecular weight is 441 g/mol. The highest BCUT2D eigenvalue weighted by Gasteiger charge is 2.49. The van der Waals surface area contributed by atoms with E-state index in [0.717, 1.165) is 42.3 Å². The fourth-order valence-corrected chi connectivity index (χ4v) is 5.78. The lowest BCUT2D eigenvalue weighted by atomic mass is 9.83. The minimum Gasteiger partial charge on any atom is -0.452 e. The number of rotatable bonds is 3. The van der Waals surface area contributed by atoms with Gasteiger partial charge in [-0.3, -0.25) is 9.69 Å². The summed E-state index contributed by atoms with van der Waals surface area (Å²) in [6.07, 6.45) is 8.74. The van der Waals surface area contributed by atoms with Crippen molar-refractivity contribution < 1.29 is 18.7 Å². The number of nitrogens with zero attached hydrogens (tertiary/aromatic N) is 2. The highest BCUT2D eigenvalue weighted by atomic mass is 19.1. The van der Waals surface area contributed by atoms with Gasteiger partial charge in [0.2, 0.25) is 5.91 Å². The number of aromatic amines is 1. The molecule has 7 nitrogen and oxygen atoms in total. The normalized spacial score (nSPS) is 24.5. The van der Waals surface area contributed by atoms with Crippen molar-refractivity contribution in [2.75, 3.05) is 20.2 Å². The molecule has 5 rings (SSSR count). The molecule has 1 aromatic heterocycles. The molecule has 1 saturated carbocycles. The molecule has 1 aliphatic carbocycles. The number of ether oxygens (including phenoxy) is 1. The lowest BCUT2D eigenvalue weighted by Gasteiger charge is -2.34. The van der Waals surface area contributed by atoms with Crippen LogP contribution in [0.25, 0.3) is 10.9 Å². The van der Waals surface area contributed by atoms with E-state index in [4.69, 9.17) is 10.5 Å². The van der Waals surface area contributed by atoms with Gasteiger partial charge in [0.25, 0.3) is 0 Å². The zero-order valence-corrected chi connectivity index (χ0v) is 18.2. The van der Waals surface area contributed by atoms with Gasteiger partial charge in [-0.2, -0.15) is 0 Å². The van der Waals surface area contributed by atoms with Crippen molar-refractivity contribution in [1.82, 2.24) is 14.8 Å². The molecule has 1 saturated heterocycles. The van der Waals surface area contributed by atoms with E-state index in [0.29, 0.717) is 18.6 Å². The van der Waals surface area contributed by atoms with Crippen LogP contribution in [0.1, 0.15) is 43.6 Å². The molecule has 1 aromatic carbocycles. The number of nitrogens with two attached hydrogens (primary N) is 1. The van der Waals surface area contributed by atoms with Gasteiger partial charge in [-0.25, -0.2) is 9.18 Å². The molecule has 3 unspecified atom stereocenters. The molecule has 2 aliphatic heterocycles.